The van der Waals surface area contributed by atoms with Crippen LogP contribution in [0, 0.1) is 5.92 Å². The summed E-state index contributed by atoms with van der Waals surface area (Å²) in [6.45, 7) is 0.504. The van der Waals surface area contributed by atoms with E-state index >= 15 is 0 Å². The molecule has 0 aromatic heterocycles. The Hall–Kier alpha value is -2.34. The van der Waals surface area contributed by atoms with Crippen LogP contribution in [0.2, 0.25) is 0 Å². The Bertz CT molecular complexity index is 775. The summed E-state index contributed by atoms with van der Waals surface area (Å²) < 4.78 is 11.6. The molecule has 1 heterocycles. The smallest absolute Gasteiger partial charge is 0.311 e. The molecule has 0 N–H and O–H groups in total. The van der Waals surface area contributed by atoms with E-state index in [4.69, 9.17) is 9.47 Å². The molecule has 2 aromatic rings. The van der Waals surface area contributed by atoms with Crippen LogP contribution >= 0.6 is 15.9 Å². The minimum absolute atomic E-state index is 0.102. The predicted molar refractivity (Wildman–Crippen MR) is 97.4 cm³/mol. The van der Waals surface area contributed by atoms with E-state index in [1.54, 1.807) is 18.1 Å². The summed E-state index contributed by atoms with van der Waals surface area (Å²) in [5, 5.41) is 0. The van der Waals surface area contributed by atoms with E-state index in [2.05, 4.69) is 15.9 Å². The summed E-state index contributed by atoms with van der Waals surface area (Å²) in [5.41, 5.74) is 1.58. The van der Waals surface area contributed by atoms with Crippen LogP contribution in [0.5, 0.6) is 5.75 Å². The van der Waals surface area contributed by atoms with Gasteiger partial charge in [0.1, 0.15) is 12.4 Å². The summed E-state index contributed by atoms with van der Waals surface area (Å²) in [5.74, 6) is -0.309. The van der Waals surface area contributed by atoms with Gasteiger partial charge < -0.3 is 14.4 Å². The van der Waals surface area contributed by atoms with Crippen molar-refractivity contribution in [3.8, 4) is 5.75 Å². The number of hydrogen-bond acceptors (Lipinski definition) is 4. The van der Waals surface area contributed by atoms with Gasteiger partial charge in [-0.3, -0.25) is 9.59 Å². The summed E-state index contributed by atoms with van der Waals surface area (Å²) in [6, 6.07) is 14.8. The van der Waals surface area contributed by atoms with Gasteiger partial charge in [0.2, 0.25) is 5.91 Å². The van der Waals surface area contributed by atoms with E-state index in [1.807, 2.05) is 42.5 Å². The molecule has 1 aliphatic heterocycles. The molecule has 0 bridgehead atoms. The van der Waals surface area contributed by atoms with Crippen molar-refractivity contribution in [2.75, 3.05) is 18.6 Å². The molecule has 0 saturated carbocycles. The van der Waals surface area contributed by atoms with Crippen molar-refractivity contribution in [2.45, 2.75) is 13.0 Å². The molecular weight excluding hydrogens is 386 g/mol. The molecule has 130 valence electrons. The van der Waals surface area contributed by atoms with Crippen LogP contribution in [-0.2, 0) is 20.9 Å². The topological polar surface area (TPSA) is 55.8 Å². The van der Waals surface area contributed by atoms with Crippen LogP contribution < -0.4 is 9.64 Å². The zero-order chi connectivity index (χ0) is 17.8. The molecule has 6 heteroatoms. The number of para-hydroxylation sites is 2. The lowest BCUT2D eigenvalue weighted by Crippen LogP contribution is -2.26. The van der Waals surface area contributed by atoms with Crippen LogP contribution in [-0.4, -0.2) is 25.5 Å². The van der Waals surface area contributed by atoms with Gasteiger partial charge in [0.15, 0.2) is 0 Å². The molecular formula is C19H18BrNO4. The molecule has 0 aliphatic carbocycles. The molecule has 1 aliphatic rings. The highest BCUT2D eigenvalue weighted by Gasteiger charge is 2.37. The number of rotatable bonds is 5. The summed E-state index contributed by atoms with van der Waals surface area (Å²) in [7, 11) is 1.56. The molecule has 3 rings (SSSR count). The molecule has 5 nitrogen and oxygen atoms in total. The van der Waals surface area contributed by atoms with Gasteiger partial charge in [-0.25, -0.2) is 0 Å². The van der Waals surface area contributed by atoms with Gasteiger partial charge in [0.25, 0.3) is 0 Å². The molecule has 1 saturated heterocycles. The lowest BCUT2D eigenvalue weighted by molar-refractivity contribution is -0.149. The van der Waals surface area contributed by atoms with Crippen molar-refractivity contribution < 1.29 is 19.1 Å². The predicted octanol–water partition coefficient (Wildman–Crippen LogP) is 3.55. The fraction of sp³-hybridized carbons (Fsp3) is 0.263. The number of carbonyl (C=O) groups excluding carboxylic acids is 2. The van der Waals surface area contributed by atoms with E-state index in [0.717, 1.165) is 10.0 Å². The third kappa shape index (κ3) is 4.02. The van der Waals surface area contributed by atoms with Crippen molar-refractivity contribution in [1.29, 1.82) is 0 Å². The second-order valence-corrected chi connectivity index (χ2v) is 6.73. The quantitative estimate of drug-likeness (QED) is 0.716. The number of amides is 1. The Morgan fingerprint density at radius 3 is 2.64 bits per heavy atom. The normalized spacial score (nSPS) is 16.8. The first-order valence-electron chi connectivity index (χ1n) is 7.93. The molecule has 1 atom stereocenters. The first-order chi connectivity index (χ1) is 12.1. The zero-order valence-electron chi connectivity index (χ0n) is 13.8. The number of esters is 1. The third-order valence-corrected chi connectivity index (χ3v) is 4.66. The van der Waals surface area contributed by atoms with Crippen molar-refractivity contribution in [2.24, 2.45) is 5.92 Å². The zero-order valence-corrected chi connectivity index (χ0v) is 15.4. The Morgan fingerprint density at radius 1 is 1.20 bits per heavy atom. The Kier molecular flexibility index (Phi) is 5.38. The molecule has 25 heavy (non-hydrogen) atoms. The van der Waals surface area contributed by atoms with E-state index in [0.29, 0.717) is 18.0 Å². The lowest BCUT2D eigenvalue weighted by atomic mass is 10.1. The van der Waals surface area contributed by atoms with E-state index in [1.165, 1.54) is 0 Å². The fourth-order valence-electron chi connectivity index (χ4n) is 2.80. The maximum absolute atomic E-state index is 12.3. The van der Waals surface area contributed by atoms with Crippen LogP contribution in [0.4, 0.5) is 5.69 Å². The fourth-order valence-corrected chi connectivity index (χ4v) is 3.07. The number of nitrogens with zero attached hydrogens (tertiary/aromatic N) is 1. The van der Waals surface area contributed by atoms with Crippen molar-refractivity contribution in [3.05, 3.63) is 58.6 Å². The highest BCUT2D eigenvalue weighted by molar-refractivity contribution is 9.10. The summed E-state index contributed by atoms with van der Waals surface area (Å²) in [4.78, 5) is 26.2. The van der Waals surface area contributed by atoms with Crippen LogP contribution in [0.25, 0.3) is 0 Å². The number of carbonyl (C=O) groups is 2. The minimum Gasteiger partial charge on any atom is -0.495 e. The second kappa shape index (κ2) is 7.70. The number of anilines is 1. The average molecular weight is 404 g/mol. The number of hydrogen-bond donors (Lipinski definition) is 0. The van der Waals surface area contributed by atoms with Gasteiger partial charge >= 0.3 is 5.97 Å². The summed E-state index contributed by atoms with van der Waals surface area (Å²) >= 11 is 3.37. The highest BCUT2D eigenvalue weighted by Crippen LogP contribution is 2.33. The second-order valence-electron chi connectivity index (χ2n) is 5.81. The van der Waals surface area contributed by atoms with E-state index < -0.39 is 5.92 Å². The number of methoxy groups -OCH3 is 1. The molecule has 0 unspecified atom stereocenters. The maximum Gasteiger partial charge on any atom is 0.311 e. The first-order valence-corrected chi connectivity index (χ1v) is 8.72. The molecule has 1 fully saturated rings. The monoisotopic (exact) mass is 403 g/mol. The van der Waals surface area contributed by atoms with Gasteiger partial charge in [-0.05, 0) is 29.8 Å². The van der Waals surface area contributed by atoms with Crippen LogP contribution in [0.15, 0.2) is 53.0 Å². The van der Waals surface area contributed by atoms with Crippen LogP contribution in [0.1, 0.15) is 12.0 Å². The Labute approximate surface area is 154 Å². The highest BCUT2D eigenvalue weighted by atomic mass is 79.9. The molecule has 1 amide bonds. The molecule has 2 aromatic carbocycles. The van der Waals surface area contributed by atoms with Crippen molar-refractivity contribution >= 4 is 33.5 Å². The number of ether oxygens (including phenoxy) is 2. The first kappa shape index (κ1) is 17.5. The maximum atomic E-state index is 12.3. The minimum atomic E-state index is -0.465. The Morgan fingerprint density at radius 2 is 1.92 bits per heavy atom. The number of halogens is 1. The van der Waals surface area contributed by atoms with Gasteiger partial charge in [-0.2, -0.15) is 0 Å². The van der Waals surface area contributed by atoms with Gasteiger partial charge in [0, 0.05) is 17.4 Å². The average Bonchev–Trinajstić information content (AvgIpc) is 3.02. The standard InChI is InChI=1S/C19H18BrNO4/c1-24-17-5-3-2-4-16(17)21-11-14(10-18(21)22)19(23)25-12-13-6-8-15(20)9-7-13/h2-9,14H,10-12H2,1H3/t14-/m1/s1. The van der Waals surface area contributed by atoms with E-state index in [9.17, 15) is 9.59 Å². The molecule has 0 radical (unpaired) electrons. The van der Waals surface area contributed by atoms with Gasteiger partial charge in [-0.15, -0.1) is 0 Å². The largest absolute Gasteiger partial charge is 0.495 e. The van der Waals surface area contributed by atoms with Crippen molar-refractivity contribution in [1.82, 2.24) is 0 Å². The number of benzene rings is 2. The third-order valence-electron chi connectivity index (χ3n) is 4.13. The lowest BCUT2D eigenvalue weighted by Gasteiger charge is -2.19. The van der Waals surface area contributed by atoms with E-state index in [-0.39, 0.29) is 24.9 Å². The van der Waals surface area contributed by atoms with Gasteiger partial charge in [0.05, 0.1) is 18.7 Å². The van der Waals surface area contributed by atoms with Gasteiger partial charge in [-0.1, -0.05) is 40.2 Å². The molecule has 0 spiro atoms. The summed E-state index contributed by atoms with van der Waals surface area (Å²) in [6.07, 6.45) is 0.150. The SMILES string of the molecule is COc1ccccc1N1C[C@H](C(=O)OCc2ccc(Br)cc2)CC1=O. The van der Waals surface area contributed by atoms with Crippen LogP contribution in [0.3, 0.4) is 0 Å². The van der Waals surface area contributed by atoms with Crippen molar-refractivity contribution in [3.63, 3.8) is 0 Å². The Balaban J connectivity index is 1.63.